The minimum atomic E-state index is 0.540. The number of anilines is 4. The monoisotopic (exact) mass is 363 g/mol. The van der Waals surface area contributed by atoms with Gasteiger partial charge in [-0.3, -0.25) is 5.10 Å². The second-order valence-electron chi connectivity index (χ2n) is 6.94. The first-order valence-corrected chi connectivity index (χ1v) is 9.51. The Hall–Kier alpha value is -2.93. The highest BCUT2D eigenvalue weighted by molar-refractivity contribution is 5.57. The second-order valence-corrected chi connectivity index (χ2v) is 6.94. The number of aromatic amines is 1. The van der Waals surface area contributed by atoms with Gasteiger partial charge in [0.2, 0.25) is 5.95 Å². The summed E-state index contributed by atoms with van der Waals surface area (Å²) >= 11 is 0. The van der Waals surface area contributed by atoms with Crippen molar-refractivity contribution in [2.45, 2.75) is 38.0 Å². The average molecular weight is 363 g/mol. The smallest absolute Gasteiger partial charge is 0.229 e. The summed E-state index contributed by atoms with van der Waals surface area (Å²) in [6.45, 7) is 0.652. The Labute approximate surface area is 158 Å². The van der Waals surface area contributed by atoms with Gasteiger partial charge in [0.15, 0.2) is 5.82 Å². The number of nitrogens with zero attached hydrogens (tertiary/aromatic N) is 3. The van der Waals surface area contributed by atoms with E-state index in [4.69, 9.17) is 5.73 Å². The molecule has 2 heterocycles. The lowest BCUT2D eigenvalue weighted by Crippen LogP contribution is -2.03. The van der Waals surface area contributed by atoms with Crippen LogP contribution in [0.3, 0.4) is 0 Å². The Bertz CT molecular complexity index is 866. The molecule has 0 spiro atoms. The predicted octanol–water partition coefficient (Wildman–Crippen LogP) is 3.85. The van der Waals surface area contributed by atoms with Gasteiger partial charge in [0, 0.05) is 29.6 Å². The van der Waals surface area contributed by atoms with Crippen molar-refractivity contribution in [1.82, 2.24) is 20.2 Å². The van der Waals surface area contributed by atoms with Crippen LogP contribution in [0.25, 0.3) is 0 Å². The number of H-pyrrole nitrogens is 1. The third-order valence-corrected chi connectivity index (χ3v) is 4.95. The van der Waals surface area contributed by atoms with Crippen LogP contribution in [0.15, 0.2) is 42.6 Å². The average Bonchev–Trinajstić information content (AvgIpc) is 3.36. The summed E-state index contributed by atoms with van der Waals surface area (Å²) in [5.41, 5.74) is 8.96. The first-order valence-electron chi connectivity index (χ1n) is 9.51. The summed E-state index contributed by atoms with van der Waals surface area (Å²) in [7, 11) is 0. The van der Waals surface area contributed by atoms with Crippen molar-refractivity contribution in [3.8, 4) is 0 Å². The summed E-state index contributed by atoms with van der Waals surface area (Å²) in [4.78, 5) is 8.81. The lowest BCUT2D eigenvalue weighted by atomic mass is 10.0. The normalized spacial score (nSPS) is 14.4. The molecule has 0 atom stereocenters. The highest BCUT2D eigenvalue weighted by Gasteiger charge is 2.19. The van der Waals surface area contributed by atoms with Crippen LogP contribution in [0, 0.1) is 0 Å². The van der Waals surface area contributed by atoms with Crippen molar-refractivity contribution in [2.24, 2.45) is 5.73 Å². The van der Waals surface area contributed by atoms with Gasteiger partial charge in [-0.25, -0.2) is 4.98 Å². The van der Waals surface area contributed by atoms with Crippen molar-refractivity contribution < 1.29 is 0 Å². The van der Waals surface area contributed by atoms with Gasteiger partial charge >= 0.3 is 0 Å². The predicted molar refractivity (Wildman–Crippen MR) is 108 cm³/mol. The zero-order valence-electron chi connectivity index (χ0n) is 15.3. The highest BCUT2D eigenvalue weighted by atomic mass is 15.2. The van der Waals surface area contributed by atoms with E-state index in [1.807, 2.05) is 18.2 Å². The molecule has 5 N–H and O–H groups in total. The van der Waals surface area contributed by atoms with Crippen LogP contribution in [0.2, 0.25) is 0 Å². The molecule has 0 bridgehead atoms. The Kier molecular flexibility index (Phi) is 5.29. The summed E-state index contributed by atoms with van der Waals surface area (Å²) in [6.07, 6.45) is 7.70. The Morgan fingerprint density at radius 3 is 2.63 bits per heavy atom. The maximum Gasteiger partial charge on any atom is 0.229 e. The number of rotatable bonds is 7. The van der Waals surface area contributed by atoms with E-state index in [0.29, 0.717) is 24.2 Å². The van der Waals surface area contributed by atoms with Crippen LogP contribution in [-0.4, -0.2) is 26.7 Å². The van der Waals surface area contributed by atoms with E-state index in [2.05, 4.69) is 49.0 Å². The zero-order valence-corrected chi connectivity index (χ0v) is 15.3. The summed E-state index contributed by atoms with van der Waals surface area (Å²) in [5, 5.41) is 14.0. The van der Waals surface area contributed by atoms with E-state index in [1.54, 1.807) is 6.20 Å². The summed E-state index contributed by atoms with van der Waals surface area (Å²) in [5.74, 6) is 2.64. The molecule has 0 amide bonds. The molecule has 7 heteroatoms. The van der Waals surface area contributed by atoms with Crippen molar-refractivity contribution in [2.75, 3.05) is 17.2 Å². The van der Waals surface area contributed by atoms with Gasteiger partial charge in [0.05, 0.1) is 0 Å². The minimum Gasteiger partial charge on any atom is -0.330 e. The molecule has 0 saturated heterocycles. The van der Waals surface area contributed by atoms with Crippen LogP contribution in [0.1, 0.15) is 42.9 Å². The molecule has 1 aliphatic rings. The van der Waals surface area contributed by atoms with Gasteiger partial charge in [-0.2, -0.15) is 10.1 Å². The molecule has 1 aromatic carbocycles. The van der Waals surface area contributed by atoms with E-state index < -0.39 is 0 Å². The van der Waals surface area contributed by atoms with Gasteiger partial charge in [0.1, 0.15) is 5.82 Å². The number of aromatic nitrogens is 4. The molecule has 1 fully saturated rings. The maximum absolute atomic E-state index is 5.59. The van der Waals surface area contributed by atoms with Gasteiger partial charge in [-0.15, -0.1) is 0 Å². The van der Waals surface area contributed by atoms with Crippen LogP contribution < -0.4 is 16.4 Å². The summed E-state index contributed by atoms with van der Waals surface area (Å²) < 4.78 is 0. The second kappa shape index (κ2) is 8.18. The van der Waals surface area contributed by atoms with Crippen molar-refractivity contribution in [1.29, 1.82) is 0 Å². The molecule has 1 aliphatic carbocycles. The van der Waals surface area contributed by atoms with E-state index in [9.17, 15) is 0 Å². The molecular formula is C20H25N7. The number of benzene rings is 1. The third-order valence-electron chi connectivity index (χ3n) is 4.95. The van der Waals surface area contributed by atoms with Gasteiger partial charge in [-0.1, -0.05) is 25.0 Å². The molecule has 7 nitrogen and oxygen atoms in total. The molecular weight excluding hydrogens is 338 g/mol. The Balaban J connectivity index is 1.41. The lowest BCUT2D eigenvalue weighted by Gasteiger charge is -2.08. The van der Waals surface area contributed by atoms with Crippen LogP contribution in [0.5, 0.6) is 0 Å². The SMILES string of the molecule is NCCc1ccc(Nc2nccc(Nc3cc(C4CCCC4)[nH]n3)n2)cc1. The van der Waals surface area contributed by atoms with Crippen molar-refractivity contribution in [3.63, 3.8) is 0 Å². The molecule has 0 aliphatic heterocycles. The van der Waals surface area contributed by atoms with Crippen LogP contribution in [0.4, 0.5) is 23.3 Å². The fraction of sp³-hybridized carbons (Fsp3) is 0.350. The van der Waals surface area contributed by atoms with E-state index >= 15 is 0 Å². The standard InChI is InChI=1S/C20H25N7/c21-11-9-14-5-7-16(8-6-14)23-20-22-12-10-18(25-20)24-19-13-17(26-27-19)15-3-1-2-4-15/h5-8,10,12-13,15H,1-4,9,11,21H2,(H3,22,23,24,25,26,27). The molecule has 1 saturated carbocycles. The first-order chi connectivity index (χ1) is 13.3. The lowest BCUT2D eigenvalue weighted by molar-refractivity contribution is 0.693. The van der Waals surface area contributed by atoms with Gasteiger partial charge < -0.3 is 16.4 Å². The highest BCUT2D eigenvalue weighted by Crippen LogP contribution is 2.33. The van der Waals surface area contributed by atoms with E-state index in [1.165, 1.54) is 36.9 Å². The van der Waals surface area contributed by atoms with Crippen molar-refractivity contribution >= 4 is 23.3 Å². The molecule has 2 aromatic heterocycles. The Morgan fingerprint density at radius 1 is 1.04 bits per heavy atom. The van der Waals surface area contributed by atoms with E-state index in [-0.39, 0.29) is 0 Å². The van der Waals surface area contributed by atoms with Crippen LogP contribution >= 0.6 is 0 Å². The maximum atomic E-state index is 5.59. The fourth-order valence-corrected chi connectivity index (χ4v) is 3.52. The zero-order chi connectivity index (χ0) is 18.5. The number of hydrogen-bond donors (Lipinski definition) is 4. The number of hydrogen-bond acceptors (Lipinski definition) is 6. The molecule has 140 valence electrons. The quantitative estimate of drug-likeness (QED) is 0.508. The van der Waals surface area contributed by atoms with Gasteiger partial charge in [-0.05, 0) is 49.6 Å². The topological polar surface area (TPSA) is 105 Å². The molecule has 4 rings (SSSR count). The first kappa shape index (κ1) is 17.5. The van der Waals surface area contributed by atoms with Gasteiger partial charge in [0.25, 0.3) is 0 Å². The minimum absolute atomic E-state index is 0.540. The fourth-order valence-electron chi connectivity index (χ4n) is 3.52. The largest absolute Gasteiger partial charge is 0.330 e. The third kappa shape index (κ3) is 4.43. The number of nitrogens with one attached hydrogen (secondary N) is 3. The van der Waals surface area contributed by atoms with Crippen molar-refractivity contribution in [3.05, 3.63) is 53.9 Å². The van der Waals surface area contributed by atoms with E-state index in [0.717, 1.165) is 17.9 Å². The summed E-state index contributed by atoms with van der Waals surface area (Å²) in [6, 6.07) is 12.1. The molecule has 27 heavy (non-hydrogen) atoms. The Morgan fingerprint density at radius 2 is 1.85 bits per heavy atom. The number of nitrogens with two attached hydrogens (primary N) is 1. The molecule has 3 aromatic rings. The van der Waals surface area contributed by atoms with Crippen LogP contribution in [-0.2, 0) is 6.42 Å². The molecule has 0 unspecified atom stereocenters. The molecule has 0 radical (unpaired) electrons.